The van der Waals surface area contributed by atoms with Crippen LogP contribution in [0.2, 0.25) is 0 Å². The maximum absolute atomic E-state index is 14.2. The fraction of sp³-hybridized carbons (Fsp3) is 0.400. The Hall–Kier alpha value is -2.99. The molecule has 2 heterocycles. The predicted octanol–water partition coefficient (Wildman–Crippen LogP) is 7.75. The molecule has 1 unspecified atom stereocenters. The summed E-state index contributed by atoms with van der Waals surface area (Å²) in [5, 5.41) is 8.49. The summed E-state index contributed by atoms with van der Waals surface area (Å²) in [7, 11) is 0. The number of aromatic nitrogens is 3. The summed E-state index contributed by atoms with van der Waals surface area (Å²) in [6.45, 7) is 9.39. The number of halogens is 6. The van der Waals surface area contributed by atoms with E-state index in [0.29, 0.717) is 23.5 Å². The molecule has 0 fully saturated rings. The molecule has 1 atom stereocenters. The van der Waals surface area contributed by atoms with Gasteiger partial charge in [-0.3, -0.25) is 0 Å². The maximum Gasteiger partial charge on any atom is 0.471 e. The first kappa shape index (κ1) is 28.6. The molecule has 2 aromatic heterocycles. The van der Waals surface area contributed by atoms with Crippen LogP contribution in [0.25, 0.3) is 17.0 Å². The van der Waals surface area contributed by atoms with Crippen molar-refractivity contribution in [3.8, 4) is 11.4 Å². The maximum atomic E-state index is 14.2. The molecule has 0 bridgehead atoms. The Morgan fingerprint density at radius 1 is 1.14 bits per heavy atom. The third-order valence-electron chi connectivity index (χ3n) is 6.26. The van der Waals surface area contributed by atoms with E-state index in [1.165, 1.54) is 29.5 Å². The Bertz CT molecular complexity index is 1240. The molecule has 0 aliphatic carbocycles. The van der Waals surface area contributed by atoms with Crippen molar-refractivity contribution in [1.82, 2.24) is 20.4 Å². The molecule has 0 saturated carbocycles. The zero-order valence-corrected chi connectivity index (χ0v) is 21.2. The van der Waals surface area contributed by atoms with E-state index in [2.05, 4.69) is 26.6 Å². The van der Waals surface area contributed by atoms with Crippen molar-refractivity contribution in [2.45, 2.75) is 57.4 Å². The molecule has 3 aromatic rings. The normalized spacial score (nSPS) is 14.1. The molecular weight excluding hydrogens is 518 g/mol. The second-order valence-corrected chi connectivity index (χ2v) is 9.23. The van der Waals surface area contributed by atoms with Crippen LogP contribution < -0.4 is 5.32 Å². The summed E-state index contributed by atoms with van der Waals surface area (Å²) >= 11 is 1.38. The number of rotatable bonds is 10. The monoisotopic (exact) mass is 544 g/mol. The fourth-order valence-electron chi connectivity index (χ4n) is 3.93. The summed E-state index contributed by atoms with van der Waals surface area (Å²) in [6, 6.07) is 2.91. The highest BCUT2D eigenvalue weighted by atomic mass is 32.1. The van der Waals surface area contributed by atoms with Crippen molar-refractivity contribution >= 4 is 16.9 Å². The number of alkyl halides is 6. The summed E-state index contributed by atoms with van der Waals surface area (Å²) in [5.74, 6) is -2.03. The largest absolute Gasteiger partial charge is 0.471 e. The first-order valence-electron chi connectivity index (χ1n) is 11.4. The highest BCUT2D eigenvalue weighted by Crippen LogP contribution is 2.39. The Kier molecular flexibility index (Phi) is 8.63. The Morgan fingerprint density at radius 3 is 2.38 bits per heavy atom. The second-order valence-electron chi connectivity index (χ2n) is 8.38. The van der Waals surface area contributed by atoms with Crippen LogP contribution in [0.5, 0.6) is 0 Å². The van der Waals surface area contributed by atoms with Crippen LogP contribution in [0.4, 0.5) is 26.3 Å². The topological polar surface area (TPSA) is 63.8 Å². The first-order valence-corrected chi connectivity index (χ1v) is 12.3. The van der Waals surface area contributed by atoms with Crippen LogP contribution in [0.15, 0.2) is 52.9 Å². The van der Waals surface area contributed by atoms with Gasteiger partial charge in [-0.2, -0.15) is 31.3 Å². The Balaban J connectivity index is 1.92. The molecule has 1 aromatic carbocycles. The molecule has 0 radical (unpaired) electrons. The van der Waals surface area contributed by atoms with Crippen molar-refractivity contribution in [3.05, 3.63) is 70.5 Å². The van der Waals surface area contributed by atoms with Crippen LogP contribution in [0, 0.1) is 0 Å². The van der Waals surface area contributed by atoms with Gasteiger partial charge in [0.2, 0.25) is 5.82 Å². The van der Waals surface area contributed by atoms with Gasteiger partial charge in [-0.15, -0.1) is 11.3 Å². The first-order chi connectivity index (χ1) is 17.4. The molecule has 37 heavy (non-hydrogen) atoms. The molecule has 12 heteroatoms. The van der Waals surface area contributed by atoms with Gasteiger partial charge in [0, 0.05) is 22.9 Å². The number of thiazole rings is 1. The molecule has 1 N–H and O–H groups in total. The fourth-order valence-corrected chi connectivity index (χ4v) is 5.11. The van der Waals surface area contributed by atoms with Crippen molar-refractivity contribution in [2.75, 3.05) is 6.54 Å². The van der Waals surface area contributed by atoms with Gasteiger partial charge in [-0.25, -0.2) is 4.98 Å². The number of nitrogens with one attached hydrogen (secondary N) is 1. The lowest BCUT2D eigenvalue weighted by Crippen LogP contribution is -2.43. The molecule has 0 amide bonds. The lowest BCUT2D eigenvalue weighted by Gasteiger charge is -2.33. The lowest BCUT2D eigenvalue weighted by molar-refractivity contribution is -0.159. The highest BCUT2D eigenvalue weighted by molar-refractivity contribution is 7.10. The zero-order valence-electron chi connectivity index (χ0n) is 20.4. The summed E-state index contributed by atoms with van der Waals surface area (Å²) in [5.41, 5.74) is 0.656. The highest BCUT2D eigenvalue weighted by Gasteiger charge is 2.43. The molecule has 0 saturated heterocycles. The summed E-state index contributed by atoms with van der Waals surface area (Å²) < 4.78 is 85.3. The minimum absolute atomic E-state index is 0.0267. The predicted molar refractivity (Wildman–Crippen MR) is 130 cm³/mol. The van der Waals surface area contributed by atoms with Crippen LogP contribution in [0.3, 0.4) is 0 Å². The molecular formula is C25H26F6N4OS. The number of benzene rings is 1. The number of nitrogens with zero attached hydrogens (tertiary/aromatic N) is 3. The summed E-state index contributed by atoms with van der Waals surface area (Å²) in [6.07, 6.45) is -4.94. The van der Waals surface area contributed by atoms with E-state index in [-0.39, 0.29) is 17.7 Å². The van der Waals surface area contributed by atoms with E-state index in [4.69, 9.17) is 4.98 Å². The van der Waals surface area contributed by atoms with Gasteiger partial charge < -0.3 is 9.84 Å². The van der Waals surface area contributed by atoms with E-state index in [1.807, 2.05) is 32.2 Å². The van der Waals surface area contributed by atoms with Gasteiger partial charge in [0.15, 0.2) is 0 Å². The van der Waals surface area contributed by atoms with Crippen molar-refractivity contribution in [2.24, 2.45) is 0 Å². The van der Waals surface area contributed by atoms with E-state index in [0.717, 1.165) is 11.6 Å². The Labute approximate surface area is 214 Å². The van der Waals surface area contributed by atoms with Gasteiger partial charge in [0.05, 0.1) is 5.69 Å². The van der Waals surface area contributed by atoms with Gasteiger partial charge >= 0.3 is 18.2 Å². The minimum Gasteiger partial charge on any atom is -0.329 e. The zero-order chi connectivity index (χ0) is 27.4. The SMILES string of the molecule is C=CC(=CC)c1csc(C(CC)(CC)CNC(c2cccc(-c3noc(C(F)(F)F)n3)c2)C(F)(F)F)n1. The van der Waals surface area contributed by atoms with E-state index >= 15 is 0 Å². The van der Waals surface area contributed by atoms with Crippen molar-refractivity contribution in [1.29, 1.82) is 0 Å². The van der Waals surface area contributed by atoms with Crippen LogP contribution in [-0.2, 0) is 11.6 Å². The smallest absolute Gasteiger partial charge is 0.329 e. The third-order valence-corrected chi connectivity index (χ3v) is 7.35. The third kappa shape index (κ3) is 6.30. The molecule has 3 rings (SSSR count). The quantitative estimate of drug-likeness (QED) is 0.209. The second kappa shape index (κ2) is 11.2. The minimum atomic E-state index is -4.86. The average molecular weight is 545 g/mol. The number of hydrogen-bond acceptors (Lipinski definition) is 6. The molecule has 5 nitrogen and oxygen atoms in total. The molecule has 0 aliphatic heterocycles. The van der Waals surface area contributed by atoms with Gasteiger partial charge in [-0.05, 0) is 37.0 Å². The summed E-state index contributed by atoms with van der Waals surface area (Å²) in [4.78, 5) is 7.97. The standard InChI is InChI=1S/C25H26F6N4OS/c1-5-15(6-2)18-13-37-22(33-18)23(7-3,8-4)14-32-19(24(26,27)28)16-10-9-11-17(12-16)20-34-21(36-35-20)25(29,30)31/h5-6,9-13,19,32H,1,7-8,14H2,2-4H3. The van der Waals surface area contributed by atoms with Crippen molar-refractivity contribution < 1.29 is 30.9 Å². The lowest BCUT2D eigenvalue weighted by atomic mass is 9.82. The van der Waals surface area contributed by atoms with Crippen LogP contribution in [0.1, 0.15) is 61.8 Å². The molecule has 200 valence electrons. The van der Waals surface area contributed by atoms with Crippen LogP contribution >= 0.6 is 11.3 Å². The van der Waals surface area contributed by atoms with E-state index in [9.17, 15) is 26.3 Å². The molecule has 0 aliphatic rings. The average Bonchev–Trinajstić information content (AvgIpc) is 3.53. The Morgan fingerprint density at radius 2 is 1.84 bits per heavy atom. The number of hydrogen-bond donors (Lipinski definition) is 1. The van der Waals surface area contributed by atoms with Crippen molar-refractivity contribution in [3.63, 3.8) is 0 Å². The van der Waals surface area contributed by atoms with Gasteiger partial charge in [-0.1, -0.05) is 55.9 Å². The van der Waals surface area contributed by atoms with E-state index in [1.54, 1.807) is 6.08 Å². The number of allylic oxidation sites excluding steroid dienone is 3. The molecule has 0 spiro atoms. The van der Waals surface area contributed by atoms with Crippen LogP contribution in [-0.4, -0.2) is 27.8 Å². The van der Waals surface area contributed by atoms with Gasteiger partial charge in [0.1, 0.15) is 11.0 Å². The van der Waals surface area contributed by atoms with E-state index < -0.39 is 35.5 Å². The van der Waals surface area contributed by atoms with Gasteiger partial charge in [0.25, 0.3) is 0 Å².